The van der Waals surface area contributed by atoms with Gasteiger partial charge >= 0.3 is 6.09 Å². The second kappa shape index (κ2) is 7.32. The number of nitrogens with zero attached hydrogens (tertiary/aromatic N) is 1. The highest BCUT2D eigenvalue weighted by Crippen LogP contribution is 2.24. The highest BCUT2D eigenvalue weighted by molar-refractivity contribution is 9.10. The van der Waals surface area contributed by atoms with Gasteiger partial charge in [-0.2, -0.15) is 0 Å². The molecule has 0 unspecified atom stereocenters. The highest BCUT2D eigenvalue weighted by atomic mass is 79.9. The first kappa shape index (κ1) is 17.1. The minimum Gasteiger partial charge on any atom is -0.444 e. The number of carbonyl (C=O) groups is 1. The van der Waals surface area contributed by atoms with Crippen LogP contribution >= 0.6 is 15.9 Å². The van der Waals surface area contributed by atoms with E-state index in [-0.39, 0.29) is 6.09 Å². The molecule has 2 rings (SSSR count). The summed E-state index contributed by atoms with van der Waals surface area (Å²) in [5.74, 6) is 0. The van der Waals surface area contributed by atoms with Crippen molar-refractivity contribution in [1.82, 2.24) is 4.90 Å². The Morgan fingerprint density at radius 3 is 2.64 bits per heavy atom. The molecule has 1 aliphatic rings. The summed E-state index contributed by atoms with van der Waals surface area (Å²) in [6, 6.07) is 8.22. The van der Waals surface area contributed by atoms with Crippen molar-refractivity contribution in [2.24, 2.45) is 0 Å². The Kier molecular flexibility index (Phi) is 5.68. The summed E-state index contributed by atoms with van der Waals surface area (Å²) in [5.41, 5.74) is 2.15. The largest absolute Gasteiger partial charge is 0.444 e. The lowest BCUT2D eigenvalue weighted by molar-refractivity contribution is 0.0258. The minimum atomic E-state index is -0.434. The summed E-state index contributed by atoms with van der Waals surface area (Å²) in [6.45, 7) is 7.20. The van der Waals surface area contributed by atoms with Crippen molar-refractivity contribution in [1.29, 1.82) is 0 Å². The molecular formula is C18H24BrNO2. The average molecular weight is 366 g/mol. The number of rotatable bonds is 1. The maximum Gasteiger partial charge on any atom is 0.410 e. The molecule has 0 N–H and O–H groups in total. The lowest BCUT2D eigenvalue weighted by Crippen LogP contribution is -2.37. The van der Waals surface area contributed by atoms with E-state index in [2.05, 4.69) is 34.1 Å². The van der Waals surface area contributed by atoms with Gasteiger partial charge in [0.1, 0.15) is 5.60 Å². The Morgan fingerprint density at radius 1 is 1.23 bits per heavy atom. The average Bonchev–Trinajstić information content (AvgIpc) is 2.65. The fraction of sp³-hybridized carbons (Fsp3) is 0.500. The number of amides is 1. The van der Waals surface area contributed by atoms with Crippen molar-refractivity contribution in [2.75, 3.05) is 13.1 Å². The number of hydrogen-bond donors (Lipinski definition) is 0. The first-order valence-corrected chi connectivity index (χ1v) is 8.56. The lowest BCUT2D eigenvalue weighted by Gasteiger charge is -2.26. The third kappa shape index (κ3) is 5.16. The summed E-state index contributed by atoms with van der Waals surface area (Å²) >= 11 is 3.58. The molecule has 0 radical (unpaired) electrons. The molecule has 1 amide bonds. The van der Waals surface area contributed by atoms with Crippen molar-refractivity contribution in [3.63, 3.8) is 0 Å². The first-order chi connectivity index (χ1) is 10.3. The van der Waals surface area contributed by atoms with E-state index in [0.29, 0.717) is 0 Å². The summed E-state index contributed by atoms with van der Waals surface area (Å²) in [4.78, 5) is 14.0. The van der Waals surface area contributed by atoms with Crippen molar-refractivity contribution in [3.8, 4) is 0 Å². The number of likely N-dealkylation sites (tertiary alicyclic amines) is 1. The van der Waals surface area contributed by atoms with Gasteiger partial charge in [0.05, 0.1) is 0 Å². The van der Waals surface area contributed by atoms with Gasteiger partial charge in [-0.3, -0.25) is 0 Å². The molecule has 1 saturated heterocycles. The Bertz CT molecular complexity index is 560. The topological polar surface area (TPSA) is 29.5 Å². The molecule has 0 saturated carbocycles. The van der Waals surface area contributed by atoms with Crippen molar-refractivity contribution >= 4 is 28.1 Å². The van der Waals surface area contributed by atoms with Gasteiger partial charge in [-0.05, 0) is 51.7 Å². The van der Waals surface area contributed by atoms with Gasteiger partial charge in [0, 0.05) is 17.6 Å². The Hall–Kier alpha value is -1.29. The van der Waals surface area contributed by atoms with Gasteiger partial charge in [0.2, 0.25) is 0 Å². The van der Waals surface area contributed by atoms with Gasteiger partial charge in [0.25, 0.3) is 0 Å². The predicted octanol–water partition coefficient (Wildman–Crippen LogP) is 5.25. The highest BCUT2D eigenvalue weighted by Gasteiger charge is 2.23. The molecule has 1 heterocycles. The molecule has 1 aliphatic heterocycles. The smallest absolute Gasteiger partial charge is 0.410 e. The number of ether oxygens (including phenoxy) is 1. The van der Waals surface area contributed by atoms with Crippen LogP contribution in [0.2, 0.25) is 0 Å². The molecule has 3 nitrogen and oxygen atoms in total. The van der Waals surface area contributed by atoms with Crippen LogP contribution in [0, 0.1) is 0 Å². The zero-order valence-electron chi connectivity index (χ0n) is 13.6. The van der Waals surface area contributed by atoms with Crippen LogP contribution in [0.5, 0.6) is 0 Å². The fourth-order valence-corrected chi connectivity index (χ4v) is 2.88. The number of hydrogen-bond acceptors (Lipinski definition) is 2. The Labute approximate surface area is 141 Å². The van der Waals surface area contributed by atoms with Crippen LogP contribution < -0.4 is 0 Å². The van der Waals surface area contributed by atoms with Crippen LogP contribution in [0.15, 0.2) is 34.3 Å². The van der Waals surface area contributed by atoms with Gasteiger partial charge in [-0.15, -0.1) is 0 Å². The summed E-state index contributed by atoms with van der Waals surface area (Å²) in [7, 11) is 0. The van der Waals surface area contributed by atoms with Crippen LogP contribution in [0.4, 0.5) is 4.79 Å². The van der Waals surface area contributed by atoms with Gasteiger partial charge in [-0.25, -0.2) is 4.79 Å². The van der Waals surface area contributed by atoms with Crippen LogP contribution in [0.1, 0.15) is 45.6 Å². The van der Waals surface area contributed by atoms with E-state index in [9.17, 15) is 4.79 Å². The lowest BCUT2D eigenvalue weighted by atomic mass is 10.0. The van der Waals surface area contributed by atoms with E-state index in [4.69, 9.17) is 4.74 Å². The second-order valence-corrected chi connectivity index (χ2v) is 7.50. The second-order valence-electron chi connectivity index (χ2n) is 6.65. The molecule has 4 heteroatoms. The molecule has 1 aromatic rings. The molecule has 0 aromatic heterocycles. The van der Waals surface area contributed by atoms with E-state index < -0.39 is 5.60 Å². The molecule has 120 valence electrons. The van der Waals surface area contributed by atoms with Crippen molar-refractivity contribution < 1.29 is 9.53 Å². The van der Waals surface area contributed by atoms with E-state index in [1.165, 1.54) is 11.1 Å². The van der Waals surface area contributed by atoms with E-state index >= 15 is 0 Å². The third-order valence-electron chi connectivity index (χ3n) is 3.55. The molecule has 0 bridgehead atoms. The first-order valence-electron chi connectivity index (χ1n) is 7.77. The molecule has 22 heavy (non-hydrogen) atoms. The zero-order valence-corrected chi connectivity index (χ0v) is 15.1. The monoisotopic (exact) mass is 365 g/mol. The SMILES string of the molecule is CC(C)(C)OC(=O)N1CCC/C(=C/c2ccccc2Br)CC1. The zero-order chi connectivity index (χ0) is 16.2. The molecule has 1 aromatic carbocycles. The number of halogens is 1. The quantitative estimate of drug-likeness (QED) is 0.679. The molecule has 0 spiro atoms. The van der Waals surface area contributed by atoms with E-state index in [0.717, 1.165) is 36.8 Å². The van der Waals surface area contributed by atoms with Crippen LogP contribution in [-0.4, -0.2) is 29.7 Å². The molecule has 0 aliphatic carbocycles. The van der Waals surface area contributed by atoms with Gasteiger partial charge in [-0.1, -0.05) is 45.8 Å². The summed E-state index contributed by atoms with van der Waals surface area (Å²) < 4.78 is 6.57. The predicted molar refractivity (Wildman–Crippen MR) is 93.8 cm³/mol. The molecular weight excluding hydrogens is 342 g/mol. The Balaban J connectivity index is 2.01. The molecule has 0 atom stereocenters. The molecule has 1 fully saturated rings. The normalized spacial score (nSPS) is 18.2. The summed E-state index contributed by atoms with van der Waals surface area (Å²) in [6.07, 6.45) is 4.95. The van der Waals surface area contributed by atoms with Crippen molar-refractivity contribution in [3.05, 3.63) is 39.9 Å². The van der Waals surface area contributed by atoms with Crippen LogP contribution in [-0.2, 0) is 4.74 Å². The minimum absolute atomic E-state index is 0.199. The maximum atomic E-state index is 12.2. The number of benzene rings is 1. The van der Waals surface area contributed by atoms with Gasteiger partial charge < -0.3 is 9.64 Å². The summed E-state index contributed by atoms with van der Waals surface area (Å²) in [5, 5.41) is 0. The third-order valence-corrected chi connectivity index (χ3v) is 4.27. The van der Waals surface area contributed by atoms with Crippen LogP contribution in [0.3, 0.4) is 0 Å². The van der Waals surface area contributed by atoms with E-state index in [1.807, 2.05) is 37.8 Å². The standard InChI is InChI=1S/C18H24BrNO2/c1-18(2,3)22-17(21)20-11-6-7-14(10-12-20)13-15-8-4-5-9-16(15)19/h4-5,8-9,13H,6-7,10-12H2,1-3H3/b14-13-. The van der Waals surface area contributed by atoms with Crippen LogP contribution in [0.25, 0.3) is 6.08 Å². The van der Waals surface area contributed by atoms with Gasteiger partial charge in [0.15, 0.2) is 0 Å². The van der Waals surface area contributed by atoms with E-state index in [1.54, 1.807) is 0 Å². The Morgan fingerprint density at radius 2 is 1.95 bits per heavy atom. The fourth-order valence-electron chi connectivity index (χ4n) is 2.48. The van der Waals surface area contributed by atoms with Crippen molar-refractivity contribution in [2.45, 2.75) is 45.6 Å². The number of carbonyl (C=O) groups excluding carboxylic acids is 1. The maximum absolute atomic E-state index is 12.2.